The molecule has 8 nitrogen and oxygen atoms in total. The van der Waals surface area contributed by atoms with Gasteiger partial charge in [-0.1, -0.05) is 6.07 Å². The number of rotatable bonds is 6. The molecule has 0 radical (unpaired) electrons. The molecule has 1 aromatic rings. The van der Waals surface area contributed by atoms with Gasteiger partial charge in [0.05, 0.1) is 5.75 Å². The van der Waals surface area contributed by atoms with E-state index in [1.165, 1.54) is 10.4 Å². The molecule has 11 heteroatoms. The van der Waals surface area contributed by atoms with E-state index in [2.05, 4.69) is 5.32 Å². The van der Waals surface area contributed by atoms with Gasteiger partial charge in [-0.25, -0.2) is 22.0 Å². The molecule has 124 valence electrons. The summed E-state index contributed by atoms with van der Waals surface area (Å²) in [5, 5.41) is 8.94. The molecule has 1 amide bonds. The van der Waals surface area contributed by atoms with Crippen LogP contribution in [0.4, 0.5) is 0 Å². The van der Waals surface area contributed by atoms with Crippen molar-refractivity contribution in [3.63, 3.8) is 0 Å². The molecule has 1 aliphatic rings. The summed E-state index contributed by atoms with van der Waals surface area (Å²) in [5.74, 6) is -0.885. The average molecular weight is 367 g/mol. The minimum Gasteiger partial charge on any atom is -0.354 e. The molecule has 0 bridgehead atoms. The van der Waals surface area contributed by atoms with Gasteiger partial charge in [0.2, 0.25) is 15.9 Å². The first-order valence-electron chi connectivity index (χ1n) is 6.55. The number of hydrogen-bond acceptors (Lipinski definition) is 6. The quantitative estimate of drug-likeness (QED) is 0.688. The van der Waals surface area contributed by atoms with E-state index in [9.17, 15) is 21.6 Å². The lowest BCUT2D eigenvalue weighted by atomic mass is 10.2. The Morgan fingerprint density at radius 3 is 2.73 bits per heavy atom. The third-order valence-corrected chi connectivity index (χ3v) is 7.30. The molecule has 0 aromatic carbocycles. The Morgan fingerprint density at radius 2 is 2.14 bits per heavy atom. The van der Waals surface area contributed by atoms with Crippen LogP contribution in [-0.2, 0) is 24.8 Å². The van der Waals surface area contributed by atoms with Crippen LogP contribution >= 0.6 is 11.3 Å². The predicted octanol–water partition coefficient (Wildman–Crippen LogP) is -0.694. The van der Waals surface area contributed by atoms with Crippen molar-refractivity contribution in [3.8, 4) is 0 Å². The number of carbonyl (C=O) groups is 1. The zero-order valence-electron chi connectivity index (χ0n) is 11.6. The first-order valence-corrected chi connectivity index (χ1v) is 10.6. The number of sulfonamides is 2. The molecular weight excluding hydrogens is 350 g/mol. The molecule has 1 saturated heterocycles. The normalized spacial score (nSPS) is 20.1. The molecule has 0 spiro atoms. The number of nitrogens with two attached hydrogens (primary N) is 1. The van der Waals surface area contributed by atoms with Gasteiger partial charge in [-0.3, -0.25) is 4.79 Å². The highest BCUT2D eigenvalue weighted by atomic mass is 32.2. The molecule has 1 aliphatic heterocycles. The fraction of sp³-hybridized carbons (Fsp3) is 0.545. The van der Waals surface area contributed by atoms with Crippen molar-refractivity contribution in [1.82, 2.24) is 9.62 Å². The molecule has 1 aromatic heterocycles. The summed E-state index contributed by atoms with van der Waals surface area (Å²) < 4.78 is 48.0. The van der Waals surface area contributed by atoms with Gasteiger partial charge in [-0.2, -0.15) is 4.31 Å². The first kappa shape index (κ1) is 17.3. The lowest BCUT2D eigenvalue weighted by Gasteiger charge is -2.22. The van der Waals surface area contributed by atoms with Crippen LogP contribution in [0.2, 0.25) is 0 Å². The summed E-state index contributed by atoms with van der Waals surface area (Å²) in [6, 6.07) is 2.32. The Hall–Kier alpha value is -1.01. The summed E-state index contributed by atoms with van der Waals surface area (Å²) in [6.45, 7) is 0.133. The smallest absolute Gasteiger partial charge is 0.253 e. The zero-order chi connectivity index (χ0) is 16.4. The number of carbonyl (C=O) groups excluding carboxylic acids is 1. The van der Waals surface area contributed by atoms with Crippen LogP contribution in [0.1, 0.15) is 12.8 Å². The summed E-state index contributed by atoms with van der Waals surface area (Å²) in [5.41, 5.74) is 0. The van der Waals surface area contributed by atoms with E-state index in [4.69, 9.17) is 5.14 Å². The van der Waals surface area contributed by atoms with Gasteiger partial charge in [0.1, 0.15) is 10.3 Å². The molecule has 2 rings (SSSR count). The monoisotopic (exact) mass is 367 g/mol. The number of primary sulfonamides is 1. The van der Waals surface area contributed by atoms with Gasteiger partial charge in [-0.15, -0.1) is 11.3 Å². The summed E-state index contributed by atoms with van der Waals surface area (Å²) in [7, 11) is -7.36. The maximum Gasteiger partial charge on any atom is 0.253 e. The fourth-order valence-electron chi connectivity index (χ4n) is 2.25. The van der Waals surface area contributed by atoms with Crippen LogP contribution in [-0.4, -0.2) is 51.9 Å². The second kappa shape index (κ2) is 6.62. The Kier molecular flexibility index (Phi) is 5.22. The van der Waals surface area contributed by atoms with Crippen molar-refractivity contribution < 1.29 is 21.6 Å². The first-order chi connectivity index (χ1) is 10.2. The largest absolute Gasteiger partial charge is 0.354 e. The SMILES string of the molecule is NS(=O)(=O)CCNC(=O)C1CCCN1S(=O)(=O)c1cccs1. The van der Waals surface area contributed by atoms with E-state index < -0.39 is 32.0 Å². The second-order valence-corrected chi connectivity index (χ2v) is 9.66. The Bertz CT molecular complexity index is 727. The predicted molar refractivity (Wildman–Crippen MR) is 82.2 cm³/mol. The molecule has 2 heterocycles. The van der Waals surface area contributed by atoms with Gasteiger partial charge < -0.3 is 5.32 Å². The van der Waals surface area contributed by atoms with Crippen LogP contribution < -0.4 is 10.5 Å². The van der Waals surface area contributed by atoms with Crippen molar-refractivity contribution in [1.29, 1.82) is 0 Å². The van der Waals surface area contributed by atoms with Crippen molar-refractivity contribution in [2.45, 2.75) is 23.1 Å². The van der Waals surface area contributed by atoms with Crippen LogP contribution in [0, 0.1) is 0 Å². The number of amides is 1. The number of hydrogen-bond donors (Lipinski definition) is 2. The Labute approximate surface area is 133 Å². The molecule has 1 atom stereocenters. The summed E-state index contributed by atoms with van der Waals surface area (Å²) in [6.07, 6.45) is 0.990. The zero-order valence-corrected chi connectivity index (χ0v) is 14.1. The van der Waals surface area contributed by atoms with Crippen LogP contribution in [0.15, 0.2) is 21.7 Å². The van der Waals surface area contributed by atoms with Gasteiger partial charge >= 0.3 is 0 Å². The van der Waals surface area contributed by atoms with Gasteiger partial charge in [0, 0.05) is 13.1 Å². The molecule has 0 aliphatic carbocycles. The maximum absolute atomic E-state index is 12.5. The van der Waals surface area contributed by atoms with Crippen molar-refractivity contribution in [2.24, 2.45) is 5.14 Å². The van der Waals surface area contributed by atoms with E-state index in [1.54, 1.807) is 11.4 Å². The third-order valence-electron chi connectivity index (χ3n) is 3.25. The molecule has 3 N–H and O–H groups in total. The summed E-state index contributed by atoms with van der Waals surface area (Å²) in [4.78, 5) is 12.1. The maximum atomic E-state index is 12.5. The fourth-order valence-corrected chi connectivity index (χ4v) is 5.41. The van der Waals surface area contributed by atoms with Crippen molar-refractivity contribution in [2.75, 3.05) is 18.8 Å². The lowest BCUT2D eigenvalue weighted by Crippen LogP contribution is -2.46. The molecule has 0 saturated carbocycles. The molecule has 22 heavy (non-hydrogen) atoms. The van der Waals surface area contributed by atoms with E-state index >= 15 is 0 Å². The van der Waals surface area contributed by atoms with Crippen LogP contribution in [0.3, 0.4) is 0 Å². The van der Waals surface area contributed by atoms with Crippen molar-refractivity contribution >= 4 is 37.3 Å². The van der Waals surface area contributed by atoms with E-state index in [0.717, 1.165) is 11.3 Å². The lowest BCUT2D eigenvalue weighted by molar-refractivity contribution is -0.124. The highest BCUT2D eigenvalue weighted by molar-refractivity contribution is 7.91. The molecule has 1 fully saturated rings. The Morgan fingerprint density at radius 1 is 1.41 bits per heavy atom. The van der Waals surface area contributed by atoms with Crippen LogP contribution in [0.25, 0.3) is 0 Å². The molecular formula is C11H17N3O5S3. The van der Waals surface area contributed by atoms with Crippen LogP contribution in [0.5, 0.6) is 0 Å². The average Bonchev–Trinajstić information content (AvgIpc) is 3.09. The van der Waals surface area contributed by atoms with Gasteiger partial charge in [-0.05, 0) is 24.3 Å². The Balaban J connectivity index is 2.06. The minimum absolute atomic E-state index is 0.138. The highest BCUT2D eigenvalue weighted by Gasteiger charge is 2.39. The highest BCUT2D eigenvalue weighted by Crippen LogP contribution is 2.28. The van der Waals surface area contributed by atoms with E-state index in [-0.39, 0.29) is 23.1 Å². The topological polar surface area (TPSA) is 127 Å². The second-order valence-electron chi connectivity index (χ2n) is 4.86. The summed E-state index contributed by atoms with van der Waals surface area (Å²) >= 11 is 1.09. The third kappa shape index (κ3) is 4.04. The number of thiophene rings is 1. The van der Waals surface area contributed by atoms with E-state index in [0.29, 0.717) is 12.8 Å². The standard InChI is InChI=1S/C11H17N3O5S3/c12-21(16,17)8-5-13-11(15)9-3-1-6-14(9)22(18,19)10-4-2-7-20-10/h2,4,7,9H,1,3,5-6,8H2,(H,13,15)(H2,12,16,17). The van der Waals surface area contributed by atoms with Gasteiger partial charge in [0.25, 0.3) is 10.0 Å². The number of nitrogens with zero attached hydrogens (tertiary/aromatic N) is 1. The van der Waals surface area contributed by atoms with Gasteiger partial charge in [0.15, 0.2) is 0 Å². The molecule has 1 unspecified atom stereocenters. The number of nitrogens with one attached hydrogen (secondary N) is 1. The minimum atomic E-state index is -3.69. The van der Waals surface area contributed by atoms with Crippen molar-refractivity contribution in [3.05, 3.63) is 17.5 Å². The van der Waals surface area contributed by atoms with E-state index in [1.807, 2.05) is 0 Å².